The molecule has 0 aliphatic heterocycles. The standard InChI is InChI=1S/C15H17N5OS/c1-9(14(21)19(3)4)22-15-17-12-8-6-5-7-11(12)13-16-10(2)18-20(13)15/h5-9H,1-4H3. The van der Waals surface area contributed by atoms with Gasteiger partial charge in [-0.15, -0.1) is 5.10 Å². The van der Waals surface area contributed by atoms with Gasteiger partial charge in [0.25, 0.3) is 0 Å². The average molecular weight is 315 g/mol. The first-order valence-electron chi connectivity index (χ1n) is 6.97. The maximum absolute atomic E-state index is 12.1. The van der Waals surface area contributed by atoms with Crippen molar-refractivity contribution in [3.63, 3.8) is 0 Å². The van der Waals surface area contributed by atoms with Crippen LogP contribution in [0.1, 0.15) is 12.7 Å². The summed E-state index contributed by atoms with van der Waals surface area (Å²) < 4.78 is 1.72. The van der Waals surface area contributed by atoms with E-state index in [2.05, 4.69) is 15.1 Å². The number of hydrogen-bond donors (Lipinski definition) is 0. The molecule has 0 bridgehead atoms. The summed E-state index contributed by atoms with van der Waals surface area (Å²) in [7, 11) is 3.50. The topological polar surface area (TPSA) is 63.4 Å². The molecule has 22 heavy (non-hydrogen) atoms. The minimum atomic E-state index is -0.239. The second-order valence-corrected chi connectivity index (χ2v) is 6.61. The van der Waals surface area contributed by atoms with Crippen molar-refractivity contribution < 1.29 is 4.79 Å². The number of fused-ring (bicyclic) bond motifs is 3. The highest BCUT2D eigenvalue weighted by atomic mass is 32.2. The SMILES string of the molecule is Cc1nc2c3ccccc3nc(SC(C)C(=O)N(C)C)n2n1. The van der Waals surface area contributed by atoms with Crippen LogP contribution >= 0.6 is 11.8 Å². The fourth-order valence-electron chi connectivity index (χ4n) is 2.28. The lowest BCUT2D eigenvalue weighted by Crippen LogP contribution is -2.29. The minimum Gasteiger partial charge on any atom is -0.348 e. The van der Waals surface area contributed by atoms with Gasteiger partial charge in [0.15, 0.2) is 10.8 Å². The summed E-state index contributed by atoms with van der Waals surface area (Å²) >= 11 is 1.40. The number of amides is 1. The quantitative estimate of drug-likeness (QED) is 0.547. The number of para-hydroxylation sites is 1. The Morgan fingerprint density at radius 2 is 2.00 bits per heavy atom. The first-order chi connectivity index (χ1) is 10.5. The van der Waals surface area contributed by atoms with Crippen LogP contribution in [0.3, 0.4) is 0 Å². The highest BCUT2D eigenvalue weighted by Gasteiger charge is 2.20. The Balaban J connectivity index is 2.13. The van der Waals surface area contributed by atoms with Crippen molar-refractivity contribution in [3.8, 4) is 0 Å². The molecular weight excluding hydrogens is 298 g/mol. The highest BCUT2D eigenvalue weighted by Crippen LogP contribution is 2.27. The van der Waals surface area contributed by atoms with E-state index in [4.69, 9.17) is 0 Å². The second-order valence-electron chi connectivity index (χ2n) is 5.30. The molecule has 7 heteroatoms. The summed E-state index contributed by atoms with van der Waals surface area (Å²) in [4.78, 5) is 22.8. The van der Waals surface area contributed by atoms with Crippen molar-refractivity contribution in [3.05, 3.63) is 30.1 Å². The Hall–Kier alpha value is -2.15. The van der Waals surface area contributed by atoms with Crippen molar-refractivity contribution in [2.75, 3.05) is 14.1 Å². The van der Waals surface area contributed by atoms with Gasteiger partial charge in [-0.2, -0.15) is 4.52 Å². The zero-order valence-corrected chi connectivity index (χ0v) is 13.8. The third-order valence-electron chi connectivity index (χ3n) is 3.33. The number of nitrogens with zero attached hydrogens (tertiary/aromatic N) is 5. The molecule has 1 amide bonds. The number of thioether (sulfide) groups is 1. The molecule has 1 unspecified atom stereocenters. The molecule has 0 aliphatic carbocycles. The average Bonchev–Trinajstić information content (AvgIpc) is 2.88. The molecule has 0 saturated heterocycles. The van der Waals surface area contributed by atoms with Gasteiger partial charge < -0.3 is 4.90 Å². The van der Waals surface area contributed by atoms with Gasteiger partial charge in [-0.25, -0.2) is 9.97 Å². The van der Waals surface area contributed by atoms with Crippen LogP contribution in [0.15, 0.2) is 29.4 Å². The molecule has 0 saturated carbocycles. The Kier molecular flexibility index (Phi) is 3.74. The normalized spacial score (nSPS) is 12.7. The molecule has 0 N–H and O–H groups in total. The van der Waals surface area contributed by atoms with E-state index in [-0.39, 0.29) is 11.2 Å². The van der Waals surface area contributed by atoms with E-state index in [1.807, 2.05) is 38.1 Å². The Morgan fingerprint density at radius 3 is 2.73 bits per heavy atom. The number of carbonyl (C=O) groups excluding carboxylic acids is 1. The fraction of sp³-hybridized carbons (Fsp3) is 0.333. The lowest BCUT2D eigenvalue weighted by molar-refractivity contribution is -0.127. The van der Waals surface area contributed by atoms with E-state index in [1.54, 1.807) is 23.5 Å². The summed E-state index contributed by atoms with van der Waals surface area (Å²) in [6, 6.07) is 7.83. The smallest absolute Gasteiger partial charge is 0.235 e. The summed E-state index contributed by atoms with van der Waals surface area (Å²) in [5.74, 6) is 0.733. The van der Waals surface area contributed by atoms with Crippen LogP contribution in [-0.2, 0) is 4.79 Å². The van der Waals surface area contributed by atoms with Gasteiger partial charge in [-0.05, 0) is 26.0 Å². The summed E-state index contributed by atoms with van der Waals surface area (Å²) in [6.45, 7) is 3.73. The summed E-state index contributed by atoms with van der Waals surface area (Å²) in [6.07, 6.45) is 0. The van der Waals surface area contributed by atoms with E-state index in [0.29, 0.717) is 11.0 Å². The monoisotopic (exact) mass is 315 g/mol. The van der Waals surface area contributed by atoms with Crippen LogP contribution < -0.4 is 0 Å². The molecule has 3 rings (SSSR count). The predicted octanol–water partition coefficient (Wildman–Crippen LogP) is 2.15. The number of carbonyl (C=O) groups is 1. The number of benzene rings is 1. The molecule has 3 aromatic rings. The van der Waals surface area contributed by atoms with Crippen molar-refractivity contribution in [1.82, 2.24) is 24.5 Å². The van der Waals surface area contributed by atoms with Crippen LogP contribution in [0, 0.1) is 6.92 Å². The van der Waals surface area contributed by atoms with E-state index in [1.165, 1.54) is 11.8 Å². The molecule has 1 atom stereocenters. The molecule has 2 heterocycles. The van der Waals surface area contributed by atoms with Crippen molar-refractivity contribution >= 4 is 34.2 Å². The van der Waals surface area contributed by atoms with Gasteiger partial charge in [0.05, 0.1) is 10.8 Å². The number of hydrogen-bond acceptors (Lipinski definition) is 5. The zero-order chi connectivity index (χ0) is 15.9. The van der Waals surface area contributed by atoms with E-state index in [9.17, 15) is 4.79 Å². The summed E-state index contributed by atoms with van der Waals surface area (Å²) in [5, 5.41) is 5.81. The Labute approximate surface area is 132 Å². The fourth-order valence-corrected chi connectivity index (χ4v) is 3.29. The third-order valence-corrected chi connectivity index (χ3v) is 4.36. The van der Waals surface area contributed by atoms with Gasteiger partial charge in [0.1, 0.15) is 5.82 Å². The number of aromatic nitrogens is 4. The lowest BCUT2D eigenvalue weighted by atomic mass is 10.2. The molecule has 2 aromatic heterocycles. The van der Waals surface area contributed by atoms with Crippen LogP contribution in [0.25, 0.3) is 16.6 Å². The zero-order valence-electron chi connectivity index (χ0n) is 12.9. The Bertz CT molecular complexity index is 858. The lowest BCUT2D eigenvalue weighted by Gasteiger charge is -2.16. The maximum atomic E-state index is 12.1. The van der Waals surface area contributed by atoms with Crippen LogP contribution in [0.2, 0.25) is 0 Å². The highest BCUT2D eigenvalue weighted by molar-refractivity contribution is 8.00. The molecular formula is C15H17N5OS. The maximum Gasteiger partial charge on any atom is 0.235 e. The van der Waals surface area contributed by atoms with Crippen molar-refractivity contribution in [1.29, 1.82) is 0 Å². The molecule has 1 aromatic carbocycles. The minimum absolute atomic E-state index is 0.0462. The molecule has 0 radical (unpaired) electrons. The van der Waals surface area contributed by atoms with E-state index < -0.39 is 0 Å². The van der Waals surface area contributed by atoms with Gasteiger partial charge in [0.2, 0.25) is 5.91 Å². The summed E-state index contributed by atoms with van der Waals surface area (Å²) in [5.41, 5.74) is 1.63. The largest absolute Gasteiger partial charge is 0.348 e. The number of rotatable bonds is 3. The van der Waals surface area contributed by atoms with Crippen LogP contribution in [-0.4, -0.2) is 49.7 Å². The number of aryl methyl sites for hydroxylation is 1. The first kappa shape index (κ1) is 14.8. The van der Waals surface area contributed by atoms with Gasteiger partial charge in [-0.3, -0.25) is 4.79 Å². The first-order valence-corrected chi connectivity index (χ1v) is 7.85. The van der Waals surface area contributed by atoms with Crippen molar-refractivity contribution in [2.45, 2.75) is 24.3 Å². The predicted molar refractivity (Wildman–Crippen MR) is 87.0 cm³/mol. The molecule has 0 fully saturated rings. The third kappa shape index (κ3) is 2.52. The molecule has 114 valence electrons. The van der Waals surface area contributed by atoms with E-state index >= 15 is 0 Å². The van der Waals surface area contributed by atoms with Crippen LogP contribution in [0.4, 0.5) is 0 Å². The van der Waals surface area contributed by atoms with Crippen LogP contribution in [0.5, 0.6) is 0 Å². The van der Waals surface area contributed by atoms with Gasteiger partial charge in [0, 0.05) is 19.5 Å². The van der Waals surface area contributed by atoms with Crippen molar-refractivity contribution in [2.24, 2.45) is 0 Å². The molecule has 6 nitrogen and oxygen atoms in total. The van der Waals surface area contributed by atoms with Gasteiger partial charge in [-0.1, -0.05) is 23.9 Å². The van der Waals surface area contributed by atoms with Gasteiger partial charge >= 0.3 is 0 Å². The second kappa shape index (κ2) is 5.57. The van der Waals surface area contributed by atoms with E-state index in [0.717, 1.165) is 16.6 Å². The Morgan fingerprint density at radius 1 is 1.27 bits per heavy atom. The molecule has 0 spiro atoms. The molecule has 0 aliphatic rings.